The number of nitriles is 1. The van der Waals surface area contributed by atoms with Gasteiger partial charge in [-0.15, -0.1) is 0 Å². The second-order valence-corrected chi connectivity index (χ2v) is 6.02. The zero-order valence-electron chi connectivity index (χ0n) is 13.0. The van der Waals surface area contributed by atoms with Gasteiger partial charge in [0.2, 0.25) is 5.91 Å². The minimum Gasteiger partial charge on any atom is -0.344 e. The number of hydrogen-bond acceptors (Lipinski definition) is 4. The molecule has 0 unspecified atom stereocenters. The van der Waals surface area contributed by atoms with E-state index in [4.69, 9.17) is 16.9 Å². The van der Waals surface area contributed by atoms with Crippen molar-refractivity contribution in [1.29, 1.82) is 5.26 Å². The van der Waals surface area contributed by atoms with Gasteiger partial charge in [0.05, 0.1) is 17.1 Å². The Morgan fingerprint density at radius 2 is 2.08 bits per heavy atom. The number of benzene rings is 1. The fourth-order valence-corrected chi connectivity index (χ4v) is 2.92. The van der Waals surface area contributed by atoms with Gasteiger partial charge < -0.3 is 9.80 Å². The first-order valence-corrected chi connectivity index (χ1v) is 7.88. The zero-order valence-corrected chi connectivity index (χ0v) is 13.8. The second kappa shape index (κ2) is 7.03. The lowest BCUT2D eigenvalue weighted by atomic mass is 10.1. The predicted molar refractivity (Wildman–Crippen MR) is 88.0 cm³/mol. The summed E-state index contributed by atoms with van der Waals surface area (Å²) < 4.78 is 26.7. The fraction of sp³-hybridized carbons (Fsp3) is 0.235. The number of rotatable bonds is 3. The Labute approximate surface area is 148 Å². The van der Waals surface area contributed by atoms with Gasteiger partial charge in [-0.2, -0.15) is 5.26 Å². The van der Waals surface area contributed by atoms with E-state index in [1.807, 2.05) is 6.07 Å². The number of halogens is 3. The summed E-state index contributed by atoms with van der Waals surface area (Å²) in [4.78, 5) is 19.7. The number of piperazine rings is 1. The van der Waals surface area contributed by atoms with Crippen LogP contribution < -0.4 is 4.90 Å². The Balaban J connectivity index is 1.70. The molecule has 1 aliphatic heterocycles. The van der Waals surface area contributed by atoms with Gasteiger partial charge in [0, 0.05) is 37.5 Å². The summed E-state index contributed by atoms with van der Waals surface area (Å²) >= 11 is 6.13. The summed E-state index contributed by atoms with van der Waals surface area (Å²) in [7, 11) is 0. The number of carbonyl (C=O) groups excluding carboxylic acids is 1. The SMILES string of the molecule is N#Cc1cnc(N2CCN(Cc3ccc(F)cc3F)C(=O)C2)c(Cl)c1. The summed E-state index contributed by atoms with van der Waals surface area (Å²) in [6.45, 7) is 0.940. The lowest BCUT2D eigenvalue weighted by molar-refractivity contribution is -0.131. The van der Waals surface area contributed by atoms with Crippen LogP contribution in [0.25, 0.3) is 0 Å². The Kier molecular flexibility index (Phi) is 4.81. The molecule has 1 aliphatic rings. The first-order chi connectivity index (χ1) is 12.0. The van der Waals surface area contributed by atoms with Gasteiger partial charge in [0.1, 0.15) is 23.5 Å². The molecule has 128 valence electrons. The highest BCUT2D eigenvalue weighted by Gasteiger charge is 2.26. The standard InChI is InChI=1S/C17H13ClF2N4O/c18-14-5-11(7-21)8-22-17(14)24-4-3-23(16(25)10-24)9-12-1-2-13(19)6-15(12)20/h1-2,5-6,8H,3-4,9-10H2. The number of carbonyl (C=O) groups is 1. The molecule has 3 rings (SSSR count). The topological polar surface area (TPSA) is 60.2 Å². The van der Waals surface area contributed by atoms with Crippen LogP contribution in [-0.4, -0.2) is 35.4 Å². The summed E-state index contributed by atoms with van der Waals surface area (Å²) in [5.74, 6) is -1.11. The monoisotopic (exact) mass is 362 g/mol. The minimum atomic E-state index is -0.674. The fourth-order valence-electron chi connectivity index (χ4n) is 2.64. The molecule has 0 saturated carbocycles. The van der Waals surface area contributed by atoms with Crippen LogP contribution in [0.3, 0.4) is 0 Å². The van der Waals surface area contributed by atoms with Crippen molar-refractivity contribution in [3.63, 3.8) is 0 Å². The average molecular weight is 363 g/mol. The van der Waals surface area contributed by atoms with Crippen LogP contribution in [0, 0.1) is 23.0 Å². The summed E-state index contributed by atoms with van der Waals surface area (Å²) in [6, 6.07) is 6.75. The number of amides is 1. The Morgan fingerprint density at radius 3 is 2.72 bits per heavy atom. The number of aromatic nitrogens is 1. The van der Waals surface area contributed by atoms with E-state index < -0.39 is 11.6 Å². The first kappa shape index (κ1) is 17.1. The van der Waals surface area contributed by atoms with E-state index >= 15 is 0 Å². The molecule has 8 heteroatoms. The normalized spacial score (nSPS) is 14.6. The van der Waals surface area contributed by atoms with Crippen molar-refractivity contribution in [3.05, 3.63) is 58.2 Å². The number of pyridine rings is 1. The molecule has 0 atom stereocenters. The summed E-state index contributed by atoms with van der Waals surface area (Å²) in [5.41, 5.74) is 0.600. The van der Waals surface area contributed by atoms with E-state index in [0.717, 1.165) is 6.07 Å². The number of hydrogen-bond donors (Lipinski definition) is 0. The molecule has 0 N–H and O–H groups in total. The lowest BCUT2D eigenvalue weighted by Gasteiger charge is -2.35. The lowest BCUT2D eigenvalue weighted by Crippen LogP contribution is -2.50. The van der Waals surface area contributed by atoms with Gasteiger partial charge in [0.25, 0.3) is 0 Å². The van der Waals surface area contributed by atoms with Gasteiger partial charge in [0.15, 0.2) is 0 Å². The van der Waals surface area contributed by atoms with Crippen LogP contribution in [0.4, 0.5) is 14.6 Å². The largest absolute Gasteiger partial charge is 0.344 e. The Hall–Kier alpha value is -2.72. The molecule has 0 aliphatic carbocycles. The van der Waals surface area contributed by atoms with E-state index in [-0.39, 0.29) is 24.6 Å². The quantitative estimate of drug-likeness (QED) is 0.842. The van der Waals surface area contributed by atoms with Crippen molar-refractivity contribution < 1.29 is 13.6 Å². The third-order valence-electron chi connectivity index (χ3n) is 3.95. The molecule has 1 aromatic carbocycles. The van der Waals surface area contributed by atoms with Crippen molar-refractivity contribution in [3.8, 4) is 6.07 Å². The zero-order chi connectivity index (χ0) is 18.0. The van der Waals surface area contributed by atoms with Crippen molar-refractivity contribution in [2.75, 3.05) is 24.5 Å². The molecule has 0 radical (unpaired) electrons. The summed E-state index contributed by atoms with van der Waals surface area (Å²) in [6.07, 6.45) is 1.39. The van der Waals surface area contributed by atoms with Crippen LogP contribution >= 0.6 is 11.6 Å². The van der Waals surface area contributed by atoms with Crippen molar-refractivity contribution in [2.24, 2.45) is 0 Å². The maximum Gasteiger partial charge on any atom is 0.242 e. The molecule has 1 saturated heterocycles. The molecule has 1 amide bonds. The molecule has 2 aromatic rings. The second-order valence-electron chi connectivity index (χ2n) is 5.61. The highest BCUT2D eigenvalue weighted by Crippen LogP contribution is 2.25. The molecule has 25 heavy (non-hydrogen) atoms. The third-order valence-corrected chi connectivity index (χ3v) is 4.22. The molecule has 0 bridgehead atoms. The van der Waals surface area contributed by atoms with Gasteiger partial charge in [-0.1, -0.05) is 17.7 Å². The Bertz CT molecular complexity index is 868. The molecule has 2 heterocycles. The van der Waals surface area contributed by atoms with E-state index in [9.17, 15) is 13.6 Å². The average Bonchev–Trinajstić information content (AvgIpc) is 2.58. The molecule has 1 aromatic heterocycles. The number of nitrogens with zero attached hydrogens (tertiary/aromatic N) is 4. The summed E-state index contributed by atoms with van der Waals surface area (Å²) in [5, 5.41) is 9.14. The maximum atomic E-state index is 13.8. The van der Waals surface area contributed by atoms with Gasteiger partial charge in [-0.3, -0.25) is 4.79 Å². The van der Waals surface area contributed by atoms with Crippen molar-refractivity contribution >= 4 is 23.3 Å². The van der Waals surface area contributed by atoms with Crippen molar-refractivity contribution in [1.82, 2.24) is 9.88 Å². The third kappa shape index (κ3) is 3.69. The minimum absolute atomic E-state index is 0.0431. The van der Waals surface area contributed by atoms with Crippen molar-refractivity contribution in [2.45, 2.75) is 6.54 Å². The van der Waals surface area contributed by atoms with E-state index in [2.05, 4.69) is 4.98 Å². The van der Waals surface area contributed by atoms with Gasteiger partial charge in [-0.25, -0.2) is 13.8 Å². The van der Waals surface area contributed by atoms with Crippen LogP contribution in [0.2, 0.25) is 5.02 Å². The first-order valence-electron chi connectivity index (χ1n) is 7.50. The Morgan fingerprint density at radius 1 is 1.28 bits per heavy atom. The molecule has 0 spiro atoms. The smallest absolute Gasteiger partial charge is 0.242 e. The molecular weight excluding hydrogens is 350 g/mol. The molecular formula is C17H13ClF2N4O. The van der Waals surface area contributed by atoms with Crippen LogP contribution in [0.5, 0.6) is 0 Å². The van der Waals surface area contributed by atoms with Gasteiger partial charge in [-0.05, 0) is 12.1 Å². The van der Waals surface area contributed by atoms with Gasteiger partial charge >= 0.3 is 0 Å². The van der Waals surface area contributed by atoms with Crippen LogP contribution in [0.15, 0.2) is 30.5 Å². The van der Waals surface area contributed by atoms with E-state index in [1.165, 1.54) is 29.3 Å². The highest BCUT2D eigenvalue weighted by molar-refractivity contribution is 6.33. The molecule has 1 fully saturated rings. The predicted octanol–water partition coefficient (Wildman–Crippen LogP) is 2.73. The number of anilines is 1. The molecule has 5 nitrogen and oxygen atoms in total. The van der Waals surface area contributed by atoms with E-state index in [0.29, 0.717) is 29.5 Å². The van der Waals surface area contributed by atoms with E-state index in [1.54, 1.807) is 4.90 Å². The maximum absolute atomic E-state index is 13.8. The highest BCUT2D eigenvalue weighted by atomic mass is 35.5. The van der Waals surface area contributed by atoms with Crippen LogP contribution in [0.1, 0.15) is 11.1 Å². The van der Waals surface area contributed by atoms with Crippen LogP contribution in [-0.2, 0) is 11.3 Å².